The van der Waals surface area contributed by atoms with E-state index in [4.69, 9.17) is 9.47 Å². The molecule has 1 atom stereocenters. The first-order valence-corrected chi connectivity index (χ1v) is 7.89. The second kappa shape index (κ2) is 8.77. The molecule has 1 amide bonds. The normalized spacial score (nSPS) is 12.0. The SMILES string of the molecule is COc1ccccc1/C=C/C(=O)N[C@@H](C)COc1ccc(C)cc1. The molecule has 0 radical (unpaired) electrons. The molecule has 0 saturated heterocycles. The van der Waals surface area contributed by atoms with Crippen LogP contribution < -0.4 is 14.8 Å². The van der Waals surface area contributed by atoms with Crippen LogP contribution in [0.4, 0.5) is 0 Å². The second-order valence-corrected chi connectivity index (χ2v) is 5.61. The number of nitrogens with one attached hydrogen (secondary N) is 1. The molecule has 0 fully saturated rings. The maximum Gasteiger partial charge on any atom is 0.244 e. The van der Waals surface area contributed by atoms with Gasteiger partial charge >= 0.3 is 0 Å². The highest BCUT2D eigenvalue weighted by Gasteiger charge is 2.06. The maximum absolute atomic E-state index is 12.0. The van der Waals surface area contributed by atoms with Gasteiger partial charge in [0, 0.05) is 11.6 Å². The van der Waals surface area contributed by atoms with Gasteiger partial charge in [-0.1, -0.05) is 35.9 Å². The van der Waals surface area contributed by atoms with Crippen molar-refractivity contribution in [3.8, 4) is 11.5 Å². The van der Waals surface area contributed by atoms with Gasteiger partial charge in [-0.05, 0) is 38.1 Å². The van der Waals surface area contributed by atoms with Crippen molar-refractivity contribution < 1.29 is 14.3 Å². The van der Waals surface area contributed by atoms with Crippen LogP contribution in [-0.4, -0.2) is 25.7 Å². The Morgan fingerprint density at radius 1 is 1.17 bits per heavy atom. The first-order valence-electron chi connectivity index (χ1n) is 7.89. The number of para-hydroxylation sites is 1. The molecule has 2 rings (SSSR count). The van der Waals surface area contributed by atoms with Gasteiger partial charge in [-0.15, -0.1) is 0 Å². The summed E-state index contributed by atoms with van der Waals surface area (Å²) in [4.78, 5) is 12.0. The number of hydrogen-bond acceptors (Lipinski definition) is 3. The molecular formula is C20H23NO3. The van der Waals surface area contributed by atoms with Gasteiger partial charge in [0.25, 0.3) is 0 Å². The van der Waals surface area contributed by atoms with Crippen molar-refractivity contribution in [1.29, 1.82) is 0 Å². The van der Waals surface area contributed by atoms with E-state index in [1.165, 1.54) is 11.6 Å². The summed E-state index contributed by atoms with van der Waals surface area (Å²) in [5.74, 6) is 1.37. The summed E-state index contributed by atoms with van der Waals surface area (Å²) in [6.07, 6.45) is 3.24. The van der Waals surface area contributed by atoms with Gasteiger partial charge in [-0.25, -0.2) is 0 Å². The third-order valence-corrected chi connectivity index (χ3v) is 3.46. The second-order valence-electron chi connectivity index (χ2n) is 5.61. The molecule has 4 nitrogen and oxygen atoms in total. The van der Waals surface area contributed by atoms with Gasteiger partial charge in [0.1, 0.15) is 18.1 Å². The molecule has 0 heterocycles. The Kier molecular flexibility index (Phi) is 6.43. The van der Waals surface area contributed by atoms with Crippen LogP contribution in [0.3, 0.4) is 0 Å². The molecule has 2 aromatic rings. The average molecular weight is 325 g/mol. The number of hydrogen-bond donors (Lipinski definition) is 1. The Balaban J connectivity index is 1.82. The number of ether oxygens (including phenoxy) is 2. The fraction of sp³-hybridized carbons (Fsp3) is 0.250. The van der Waals surface area contributed by atoms with Crippen LogP contribution in [0.2, 0.25) is 0 Å². The predicted molar refractivity (Wildman–Crippen MR) is 96.3 cm³/mol. The summed E-state index contributed by atoms with van der Waals surface area (Å²) in [7, 11) is 1.61. The zero-order valence-corrected chi connectivity index (χ0v) is 14.3. The van der Waals surface area contributed by atoms with E-state index in [9.17, 15) is 4.79 Å². The minimum absolute atomic E-state index is 0.0962. The van der Waals surface area contributed by atoms with Crippen molar-refractivity contribution in [3.63, 3.8) is 0 Å². The summed E-state index contributed by atoms with van der Waals surface area (Å²) in [6, 6.07) is 15.3. The van der Waals surface area contributed by atoms with Crippen molar-refractivity contribution in [2.24, 2.45) is 0 Å². The molecule has 0 aliphatic carbocycles. The van der Waals surface area contributed by atoms with Gasteiger partial charge in [0.15, 0.2) is 0 Å². The van der Waals surface area contributed by atoms with Crippen LogP contribution in [0.15, 0.2) is 54.6 Å². The van der Waals surface area contributed by atoms with Crippen LogP contribution in [0.1, 0.15) is 18.1 Å². The first kappa shape index (κ1) is 17.6. The first-order chi connectivity index (χ1) is 11.6. The van der Waals surface area contributed by atoms with Gasteiger partial charge in [0.2, 0.25) is 5.91 Å². The zero-order valence-electron chi connectivity index (χ0n) is 14.3. The van der Waals surface area contributed by atoms with Crippen molar-refractivity contribution >= 4 is 12.0 Å². The van der Waals surface area contributed by atoms with E-state index in [0.717, 1.165) is 17.1 Å². The minimum atomic E-state index is -0.166. The molecule has 0 aliphatic heterocycles. The lowest BCUT2D eigenvalue weighted by Gasteiger charge is -2.14. The molecular weight excluding hydrogens is 302 g/mol. The average Bonchev–Trinajstić information content (AvgIpc) is 2.59. The Bertz CT molecular complexity index is 692. The lowest BCUT2D eigenvalue weighted by molar-refractivity contribution is -0.117. The van der Waals surface area contributed by atoms with Crippen LogP contribution in [0, 0.1) is 6.92 Å². The van der Waals surface area contributed by atoms with E-state index in [1.807, 2.05) is 62.4 Å². The van der Waals surface area contributed by atoms with Gasteiger partial charge in [0.05, 0.1) is 13.2 Å². The molecule has 0 aliphatic rings. The van der Waals surface area contributed by atoms with E-state index in [1.54, 1.807) is 13.2 Å². The van der Waals surface area contributed by atoms with E-state index in [2.05, 4.69) is 5.32 Å². The number of carbonyl (C=O) groups excluding carboxylic acids is 1. The van der Waals surface area contributed by atoms with Crippen molar-refractivity contribution in [1.82, 2.24) is 5.32 Å². The van der Waals surface area contributed by atoms with Crippen molar-refractivity contribution in [3.05, 3.63) is 65.7 Å². The Hall–Kier alpha value is -2.75. The van der Waals surface area contributed by atoms with Gasteiger partial charge in [-0.2, -0.15) is 0 Å². The van der Waals surface area contributed by atoms with Gasteiger partial charge < -0.3 is 14.8 Å². The number of methoxy groups -OCH3 is 1. The molecule has 2 aromatic carbocycles. The molecule has 0 spiro atoms. The van der Waals surface area contributed by atoms with Crippen LogP contribution in [-0.2, 0) is 4.79 Å². The molecule has 126 valence electrons. The van der Waals surface area contributed by atoms with E-state index >= 15 is 0 Å². The quantitative estimate of drug-likeness (QED) is 0.791. The van der Waals surface area contributed by atoms with E-state index in [0.29, 0.717) is 6.61 Å². The summed E-state index contributed by atoms with van der Waals surface area (Å²) < 4.78 is 10.9. The Morgan fingerprint density at radius 3 is 2.58 bits per heavy atom. The summed E-state index contributed by atoms with van der Waals surface area (Å²) >= 11 is 0. The Labute approximate surface area is 143 Å². The van der Waals surface area contributed by atoms with Crippen LogP contribution >= 0.6 is 0 Å². The molecule has 24 heavy (non-hydrogen) atoms. The third-order valence-electron chi connectivity index (χ3n) is 3.46. The number of rotatable bonds is 7. The van der Waals surface area contributed by atoms with E-state index < -0.39 is 0 Å². The fourth-order valence-corrected chi connectivity index (χ4v) is 2.16. The monoisotopic (exact) mass is 325 g/mol. The molecule has 0 aromatic heterocycles. The zero-order chi connectivity index (χ0) is 17.4. The van der Waals surface area contributed by atoms with E-state index in [-0.39, 0.29) is 11.9 Å². The lowest BCUT2D eigenvalue weighted by atomic mass is 10.2. The molecule has 1 N–H and O–H groups in total. The van der Waals surface area contributed by atoms with Crippen LogP contribution in [0.25, 0.3) is 6.08 Å². The molecule has 0 saturated carbocycles. The molecule has 0 bridgehead atoms. The predicted octanol–water partition coefficient (Wildman–Crippen LogP) is 3.60. The third kappa shape index (κ3) is 5.47. The highest BCUT2D eigenvalue weighted by atomic mass is 16.5. The topological polar surface area (TPSA) is 47.6 Å². The smallest absolute Gasteiger partial charge is 0.244 e. The standard InChI is InChI=1S/C20H23NO3/c1-15-8-11-18(12-9-15)24-14-16(2)21-20(22)13-10-17-6-4-5-7-19(17)23-3/h4-13,16H,14H2,1-3H3,(H,21,22)/b13-10+/t16-/m0/s1. The lowest BCUT2D eigenvalue weighted by Crippen LogP contribution is -2.35. The summed E-state index contributed by atoms with van der Waals surface area (Å²) in [5.41, 5.74) is 2.05. The summed E-state index contributed by atoms with van der Waals surface area (Å²) in [5, 5.41) is 2.88. The number of aryl methyl sites for hydroxylation is 1. The number of benzene rings is 2. The number of amides is 1. The number of carbonyl (C=O) groups is 1. The van der Waals surface area contributed by atoms with Crippen molar-refractivity contribution in [2.45, 2.75) is 19.9 Å². The molecule has 0 unspecified atom stereocenters. The van der Waals surface area contributed by atoms with Crippen LogP contribution in [0.5, 0.6) is 11.5 Å². The minimum Gasteiger partial charge on any atom is -0.496 e. The highest BCUT2D eigenvalue weighted by Crippen LogP contribution is 2.18. The van der Waals surface area contributed by atoms with Crippen molar-refractivity contribution in [2.75, 3.05) is 13.7 Å². The molecule has 4 heteroatoms. The largest absolute Gasteiger partial charge is 0.496 e. The fourth-order valence-electron chi connectivity index (χ4n) is 2.16. The highest BCUT2D eigenvalue weighted by molar-refractivity contribution is 5.92. The maximum atomic E-state index is 12.0. The Morgan fingerprint density at radius 2 is 1.88 bits per heavy atom. The van der Waals surface area contributed by atoms with Gasteiger partial charge in [-0.3, -0.25) is 4.79 Å². The summed E-state index contributed by atoms with van der Waals surface area (Å²) in [6.45, 7) is 4.35.